The molecule has 1 saturated heterocycles. The molecule has 5 nitrogen and oxygen atoms in total. The lowest BCUT2D eigenvalue weighted by molar-refractivity contribution is -0.121. The molecule has 1 aliphatic heterocycles. The Kier molecular flexibility index (Phi) is 7.34. The van der Waals surface area contributed by atoms with Crippen LogP contribution < -0.4 is 15.0 Å². The van der Waals surface area contributed by atoms with Gasteiger partial charge in [-0.1, -0.05) is 24.3 Å². The zero-order valence-corrected chi connectivity index (χ0v) is 18.2. The van der Waals surface area contributed by atoms with Crippen LogP contribution in [0.25, 0.3) is 0 Å². The van der Waals surface area contributed by atoms with Gasteiger partial charge in [0.25, 0.3) is 0 Å². The van der Waals surface area contributed by atoms with E-state index >= 15 is 0 Å². The molecular formula is C22H28BrN3O2. The van der Waals surface area contributed by atoms with Crippen molar-refractivity contribution in [3.8, 4) is 5.75 Å². The van der Waals surface area contributed by atoms with E-state index in [1.807, 2.05) is 24.3 Å². The van der Waals surface area contributed by atoms with Crippen LogP contribution in [0.2, 0.25) is 0 Å². The first-order chi connectivity index (χ1) is 13.6. The number of methoxy groups -OCH3 is 1. The Balaban J connectivity index is 1.53. The average Bonchev–Trinajstić information content (AvgIpc) is 2.71. The molecule has 0 atom stereocenters. The number of nitrogens with zero attached hydrogens (tertiary/aromatic N) is 2. The number of likely N-dealkylation sites (N-methyl/N-ethyl adjacent to an activating group) is 1. The van der Waals surface area contributed by atoms with Gasteiger partial charge in [-0.15, -0.1) is 0 Å². The number of amides is 1. The number of benzene rings is 2. The first kappa shape index (κ1) is 20.7. The van der Waals surface area contributed by atoms with Crippen molar-refractivity contribution in [2.45, 2.75) is 19.4 Å². The van der Waals surface area contributed by atoms with E-state index in [0.29, 0.717) is 19.4 Å². The molecule has 0 aliphatic carbocycles. The van der Waals surface area contributed by atoms with Gasteiger partial charge in [-0.3, -0.25) is 4.79 Å². The smallest absolute Gasteiger partial charge is 0.220 e. The van der Waals surface area contributed by atoms with Crippen molar-refractivity contribution in [2.75, 3.05) is 45.2 Å². The van der Waals surface area contributed by atoms with E-state index in [2.05, 4.69) is 56.3 Å². The number of anilines is 1. The summed E-state index contributed by atoms with van der Waals surface area (Å²) >= 11 is 3.49. The van der Waals surface area contributed by atoms with E-state index in [0.717, 1.165) is 42.0 Å². The number of halogens is 1. The standard InChI is InChI=1S/C22H28BrN3O2/c1-25-11-13-26(14-12-25)20-6-4-3-5-18(20)16-24-22(27)10-8-17-7-9-21(28-2)19(23)15-17/h3-7,9,15H,8,10-14,16H2,1-2H3,(H,24,27). The molecule has 1 aliphatic rings. The van der Waals surface area contributed by atoms with E-state index in [-0.39, 0.29) is 5.91 Å². The first-order valence-electron chi connectivity index (χ1n) is 9.67. The Morgan fingerprint density at radius 2 is 1.89 bits per heavy atom. The van der Waals surface area contributed by atoms with Crippen molar-refractivity contribution in [1.29, 1.82) is 0 Å². The highest BCUT2D eigenvalue weighted by molar-refractivity contribution is 9.10. The van der Waals surface area contributed by atoms with Gasteiger partial charge >= 0.3 is 0 Å². The molecule has 28 heavy (non-hydrogen) atoms. The number of rotatable bonds is 7. The number of piperazine rings is 1. The van der Waals surface area contributed by atoms with Gasteiger partial charge in [0.2, 0.25) is 5.91 Å². The van der Waals surface area contributed by atoms with Crippen LogP contribution in [-0.4, -0.2) is 51.1 Å². The predicted octanol–water partition coefficient (Wildman–Crippen LogP) is 3.46. The van der Waals surface area contributed by atoms with Gasteiger partial charge in [0.15, 0.2) is 0 Å². The SMILES string of the molecule is COc1ccc(CCC(=O)NCc2ccccc2N2CCN(C)CC2)cc1Br. The zero-order valence-electron chi connectivity index (χ0n) is 16.6. The molecular weight excluding hydrogens is 418 g/mol. The first-order valence-corrected chi connectivity index (χ1v) is 10.5. The van der Waals surface area contributed by atoms with Crippen LogP contribution in [0.5, 0.6) is 5.75 Å². The molecule has 2 aromatic carbocycles. The lowest BCUT2D eigenvalue weighted by Gasteiger charge is -2.35. The van der Waals surface area contributed by atoms with Crippen LogP contribution >= 0.6 is 15.9 Å². The Labute approximate surface area is 175 Å². The van der Waals surface area contributed by atoms with Crippen molar-refractivity contribution in [1.82, 2.24) is 10.2 Å². The van der Waals surface area contributed by atoms with E-state index in [1.54, 1.807) is 7.11 Å². The number of hydrogen-bond donors (Lipinski definition) is 1. The van der Waals surface area contributed by atoms with E-state index in [1.165, 1.54) is 11.3 Å². The van der Waals surface area contributed by atoms with E-state index in [4.69, 9.17) is 4.74 Å². The van der Waals surface area contributed by atoms with Crippen LogP contribution in [0.1, 0.15) is 17.5 Å². The Morgan fingerprint density at radius 3 is 2.61 bits per heavy atom. The molecule has 2 aromatic rings. The van der Waals surface area contributed by atoms with Crippen LogP contribution in [-0.2, 0) is 17.8 Å². The number of aryl methyl sites for hydroxylation is 1. The molecule has 1 heterocycles. The molecule has 0 spiro atoms. The van der Waals surface area contributed by atoms with Crippen molar-refractivity contribution in [3.05, 3.63) is 58.1 Å². The van der Waals surface area contributed by atoms with Gasteiger partial charge in [0, 0.05) is 44.8 Å². The number of carbonyl (C=O) groups excluding carboxylic acids is 1. The summed E-state index contributed by atoms with van der Waals surface area (Å²) in [6, 6.07) is 14.3. The third-order valence-electron chi connectivity index (χ3n) is 5.17. The van der Waals surface area contributed by atoms with E-state index in [9.17, 15) is 4.79 Å². The summed E-state index contributed by atoms with van der Waals surface area (Å²) in [5, 5.41) is 3.08. The maximum Gasteiger partial charge on any atom is 0.220 e. The van der Waals surface area contributed by atoms with Crippen LogP contribution in [0.3, 0.4) is 0 Å². The highest BCUT2D eigenvalue weighted by Crippen LogP contribution is 2.26. The summed E-state index contributed by atoms with van der Waals surface area (Å²) in [4.78, 5) is 17.1. The third-order valence-corrected chi connectivity index (χ3v) is 5.79. The fourth-order valence-corrected chi connectivity index (χ4v) is 4.01. The lowest BCUT2D eigenvalue weighted by Crippen LogP contribution is -2.45. The molecule has 0 saturated carbocycles. The molecule has 0 radical (unpaired) electrons. The number of ether oxygens (including phenoxy) is 1. The van der Waals surface area contributed by atoms with Crippen LogP contribution in [0.15, 0.2) is 46.9 Å². The normalized spacial score (nSPS) is 14.8. The van der Waals surface area contributed by atoms with Gasteiger partial charge in [-0.2, -0.15) is 0 Å². The second-order valence-corrected chi connectivity index (χ2v) is 8.02. The fourth-order valence-electron chi connectivity index (χ4n) is 3.42. The second-order valence-electron chi connectivity index (χ2n) is 7.16. The minimum absolute atomic E-state index is 0.0696. The van der Waals surface area contributed by atoms with E-state index < -0.39 is 0 Å². The summed E-state index contributed by atoms with van der Waals surface area (Å²) in [6.07, 6.45) is 1.17. The largest absolute Gasteiger partial charge is 0.496 e. The van der Waals surface area contributed by atoms with Crippen molar-refractivity contribution < 1.29 is 9.53 Å². The summed E-state index contributed by atoms with van der Waals surface area (Å²) < 4.78 is 6.16. The highest BCUT2D eigenvalue weighted by atomic mass is 79.9. The van der Waals surface area contributed by atoms with Gasteiger partial charge in [-0.05, 0) is 58.7 Å². The molecule has 0 bridgehead atoms. The number of para-hydroxylation sites is 1. The van der Waals surface area contributed by atoms with Crippen molar-refractivity contribution in [3.63, 3.8) is 0 Å². The summed E-state index contributed by atoms with van der Waals surface area (Å²) in [5.74, 6) is 0.869. The second kappa shape index (κ2) is 9.94. The van der Waals surface area contributed by atoms with Crippen molar-refractivity contribution >= 4 is 27.5 Å². The monoisotopic (exact) mass is 445 g/mol. The topological polar surface area (TPSA) is 44.8 Å². The zero-order chi connectivity index (χ0) is 19.9. The van der Waals surface area contributed by atoms with Crippen LogP contribution in [0.4, 0.5) is 5.69 Å². The number of carbonyl (C=O) groups is 1. The Hall–Kier alpha value is -2.05. The Bertz CT molecular complexity index is 804. The number of nitrogens with one attached hydrogen (secondary N) is 1. The summed E-state index contributed by atoms with van der Waals surface area (Å²) in [5.41, 5.74) is 3.52. The molecule has 0 aromatic heterocycles. The molecule has 1 amide bonds. The quantitative estimate of drug-likeness (QED) is 0.708. The van der Waals surface area contributed by atoms with Gasteiger partial charge < -0.3 is 19.9 Å². The number of hydrogen-bond acceptors (Lipinski definition) is 4. The molecule has 3 rings (SSSR count). The van der Waals surface area contributed by atoms with Crippen LogP contribution in [0, 0.1) is 0 Å². The summed E-state index contributed by atoms with van der Waals surface area (Å²) in [6.45, 7) is 4.74. The molecule has 1 N–H and O–H groups in total. The predicted molar refractivity (Wildman–Crippen MR) is 117 cm³/mol. The highest BCUT2D eigenvalue weighted by Gasteiger charge is 2.17. The minimum atomic E-state index is 0.0696. The fraction of sp³-hybridized carbons (Fsp3) is 0.409. The van der Waals surface area contributed by atoms with Gasteiger partial charge in [0.1, 0.15) is 5.75 Å². The van der Waals surface area contributed by atoms with Gasteiger partial charge in [0.05, 0.1) is 11.6 Å². The molecule has 0 unspecified atom stereocenters. The maximum absolute atomic E-state index is 12.4. The van der Waals surface area contributed by atoms with Gasteiger partial charge in [-0.25, -0.2) is 0 Å². The third kappa shape index (κ3) is 5.49. The molecule has 6 heteroatoms. The van der Waals surface area contributed by atoms with Crippen molar-refractivity contribution in [2.24, 2.45) is 0 Å². The molecule has 1 fully saturated rings. The minimum Gasteiger partial charge on any atom is -0.496 e. The molecule has 150 valence electrons. The maximum atomic E-state index is 12.4. The summed E-state index contributed by atoms with van der Waals surface area (Å²) in [7, 11) is 3.80. The Morgan fingerprint density at radius 1 is 1.14 bits per heavy atom. The average molecular weight is 446 g/mol. The lowest BCUT2D eigenvalue weighted by atomic mass is 10.1.